The first kappa shape index (κ1) is 17.7. The van der Waals surface area contributed by atoms with Crippen LogP contribution in [0.3, 0.4) is 0 Å². The first-order chi connectivity index (χ1) is 10.7. The minimum Gasteiger partial charge on any atom is -0.380 e. The van der Waals surface area contributed by atoms with Crippen LogP contribution in [-0.4, -0.2) is 69.0 Å². The zero-order valence-electron chi connectivity index (χ0n) is 13.8. The summed E-state index contributed by atoms with van der Waals surface area (Å²) >= 11 is 0. The highest BCUT2D eigenvalue weighted by atomic mass is 16.5. The van der Waals surface area contributed by atoms with Gasteiger partial charge in [0.2, 0.25) is 5.91 Å². The third-order valence-corrected chi connectivity index (χ3v) is 5.09. The molecule has 1 unspecified atom stereocenters. The highest BCUT2D eigenvalue weighted by molar-refractivity contribution is 5.76. The molecule has 1 heterocycles. The van der Waals surface area contributed by atoms with E-state index in [1.54, 1.807) is 7.11 Å². The summed E-state index contributed by atoms with van der Waals surface area (Å²) in [7, 11) is 1.60. The summed E-state index contributed by atoms with van der Waals surface area (Å²) in [6, 6.07) is 0. The van der Waals surface area contributed by atoms with Gasteiger partial charge in [0.25, 0.3) is 0 Å². The zero-order chi connectivity index (χ0) is 15.8. The molecular formula is C16H31N3O3. The number of hydrogen-bond donors (Lipinski definition) is 2. The van der Waals surface area contributed by atoms with Crippen molar-refractivity contribution in [1.82, 2.24) is 10.2 Å². The third kappa shape index (κ3) is 4.65. The number of nitrogens with two attached hydrogens (primary N) is 1. The lowest BCUT2D eigenvalue weighted by Crippen LogP contribution is -2.59. The number of hydrogen-bond acceptors (Lipinski definition) is 5. The van der Waals surface area contributed by atoms with Gasteiger partial charge in [0.15, 0.2) is 0 Å². The van der Waals surface area contributed by atoms with Gasteiger partial charge in [-0.2, -0.15) is 0 Å². The van der Waals surface area contributed by atoms with Crippen molar-refractivity contribution in [3.63, 3.8) is 0 Å². The van der Waals surface area contributed by atoms with Gasteiger partial charge in [-0.05, 0) is 12.8 Å². The standard InChI is InChI=1S/C16H31N3O3/c1-21-14(12-17)11-15(20)18-13-16(5-3-2-4-6-16)19-7-9-22-10-8-19/h14H,2-13,17H2,1H3,(H,18,20). The topological polar surface area (TPSA) is 76.8 Å². The van der Waals surface area contributed by atoms with Crippen molar-refractivity contribution in [3.05, 3.63) is 0 Å². The maximum atomic E-state index is 12.1. The van der Waals surface area contributed by atoms with Crippen molar-refractivity contribution >= 4 is 5.91 Å². The largest absolute Gasteiger partial charge is 0.380 e. The van der Waals surface area contributed by atoms with Gasteiger partial charge in [-0.15, -0.1) is 0 Å². The van der Waals surface area contributed by atoms with Gasteiger partial charge in [-0.1, -0.05) is 19.3 Å². The fraction of sp³-hybridized carbons (Fsp3) is 0.938. The molecule has 0 aromatic rings. The van der Waals surface area contributed by atoms with Crippen molar-refractivity contribution in [1.29, 1.82) is 0 Å². The fourth-order valence-electron chi connectivity index (χ4n) is 3.66. The molecule has 2 rings (SSSR count). The van der Waals surface area contributed by atoms with E-state index in [4.69, 9.17) is 15.2 Å². The summed E-state index contributed by atoms with van der Waals surface area (Å²) in [4.78, 5) is 14.7. The van der Waals surface area contributed by atoms with Crippen LogP contribution in [0.25, 0.3) is 0 Å². The molecule has 1 amide bonds. The summed E-state index contributed by atoms with van der Waals surface area (Å²) in [5.41, 5.74) is 5.70. The van der Waals surface area contributed by atoms with Gasteiger partial charge in [-0.3, -0.25) is 9.69 Å². The number of nitrogens with zero attached hydrogens (tertiary/aromatic N) is 1. The van der Waals surface area contributed by atoms with Gasteiger partial charge in [-0.25, -0.2) is 0 Å². The molecule has 1 aliphatic heterocycles. The predicted molar refractivity (Wildman–Crippen MR) is 85.7 cm³/mol. The van der Waals surface area contributed by atoms with Crippen LogP contribution in [0, 0.1) is 0 Å². The van der Waals surface area contributed by atoms with E-state index < -0.39 is 0 Å². The van der Waals surface area contributed by atoms with Gasteiger partial charge in [0.05, 0.1) is 25.7 Å². The van der Waals surface area contributed by atoms with E-state index in [-0.39, 0.29) is 17.6 Å². The Morgan fingerprint density at radius 3 is 2.59 bits per heavy atom. The van der Waals surface area contributed by atoms with E-state index in [1.807, 2.05) is 0 Å². The van der Waals surface area contributed by atoms with Gasteiger partial charge < -0.3 is 20.5 Å². The number of amides is 1. The van der Waals surface area contributed by atoms with Crippen LogP contribution in [0.2, 0.25) is 0 Å². The Bertz CT molecular complexity index is 336. The fourth-order valence-corrected chi connectivity index (χ4v) is 3.66. The van der Waals surface area contributed by atoms with E-state index in [1.165, 1.54) is 19.3 Å². The molecule has 0 aromatic heterocycles. The van der Waals surface area contributed by atoms with Crippen molar-refractivity contribution in [2.45, 2.75) is 50.2 Å². The zero-order valence-corrected chi connectivity index (χ0v) is 13.8. The van der Waals surface area contributed by atoms with Crippen LogP contribution in [0.1, 0.15) is 38.5 Å². The summed E-state index contributed by atoms with van der Waals surface area (Å²) in [6.07, 6.45) is 6.28. The lowest BCUT2D eigenvalue weighted by atomic mass is 9.79. The molecule has 0 bridgehead atoms. The Hall–Kier alpha value is -0.690. The maximum absolute atomic E-state index is 12.1. The third-order valence-electron chi connectivity index (χ3n) is 5.09. The minimum absolute atomic E-state index is 0.0375. The van der Waals surface area contributed by atoms with Crippen LogP contribution in [0.15, 0.2) is 0 Å². The first-order valence-electron chi connectivity index (χ1n) is 8.52. The molecular weight excluding hydrogens is 282 g/mol. The smallest absolute Gasteiger partial charge is 0.222 e. The number of ether oxygens (including phenoxy) is 2. The molecule has 6 heteroatoms. The summed E-state index contributed by atoms with van der Waals surface area (Å²) in [5.74, 6) is 0.0375. The Kier molecular flexibility index (Phi) is 7.08. The molecule has 1 saturated heterocycles. The van der Waals surface area contributed by atoms with Crippen molar-refractivity contribution in [2.75, 3.05) is 46.5 Å². The SMILES string of the molecule is COC(CN)CC(=O)NCC1(N2CCOCC2)CCCCC1. The Labute approximate surface area is 133 Å². The molecule has 1 saturated carbocycles. The van der Waals surface area contributed by atoms with Crippen molar-refractivity contribution in [2.24, 2.45) is 5.73 Å². The van der Waals surface area contributed by atoms with E-state index in [2.05, 4.69) is 10.2 Å². The summed E-state index contributed by atoms with van der Waals surface area (Å²) in [6.45, 7) is 4.65. The monoisotopic (exact) mass is 313 g/mol. The molecule has 2 fully saturated rings. The molecule has 0 aromatic carbocycles. The number of rotatable bonds is 7. The molecule has 3 N–H and O–H groups in total. The molecule has 2 aliphatic rings. The Morgan fingerprint density at radius 2 is 2.00 bits per heavy atom. The molecule has 1 atom stereocenters. The van der Waals surface area contributed by atoms with Crippen LogP contribution in [0.4, 0.5) is 0 Å². The number of carbonyl (C=O) groups is 1. The van der Waals surface area contributed by atoms with Crippen LogP contribution >= 0.6 is 0 Å². The molecule has 6 nitrogen and oxygen atoms in total. The molecule has 0 radical (unpaired) electrons. The van der Waals surface area contributed by atoms with E-state index in [9.17, 15) is 4.79 Å². The lowest BCUT2D eigenvalue weighted by molar-refractivity contribution is -0.124. The van der Waals surface area contributed by atoms with E-state index in [0.29, 0.717) is 13.0 Å². The van der Waals surface area contributed by atoms with Gasteiger partial charge in [0, 0.05) is 38.8 Å². The minimum atomic E-state index is -0.189. The highest BCUT2D eigenvalue weighted by Crippen LogP contribution is 2.33. The van der Waals surface area contributed by atoms with Gasteiger partial charge in [0.1, 0.15) is 0 Å². The number of nitrogens with one attached hydrogen (secondary N) is 1. The highest BCUT2D eigenvalue weighted by Gasteiger charge is 2.38. The van der Waals surface area contributed by atoms with Crippen LogP contribution in [0.5, 0.6) is 0 Å². The second kappa shape index (κ2) is 8.82. The number of methoxy groups -OCH3 is 1. The average molecular weight is 313 g/mol. The van der Waals surface area contributed by atoms with E-state index in [0.717, 1.165) is 45.7 Å². The molecule has 22 heavy (non-hydrogen) atoms. The average Bonchev–Trinajstić information content (AvgIpc) is 2.59. The quantitative estimate of drug-likeness (QED) is 0.716. The van der Waals surface area contributed by atoms with Gasteiger partial charge >= 0.3 is 0 Å². The Morgan fingerprint density at radius 1 is 1.32 bits per heavy atom. The molecule has 1 aliphatic carbocycles. The lowest BCUT2D eigenvalue weighted by Gasteiger charge is -2.48. The van der Waals surface area contributed by atoms with Crippen LogP contribution in [-0.2, 0) is 14.3 Å². The molecule has 128 valence electrons. The number of carbonyl (C=O) groups excluding carboxylic acids is 1. The summed E-state index contributed by atoms with van der Waals surface area (Å²) in [5, 5.41) is 3.13. The first-order valence-corrected chi connectivity index (χ1v) is 8.52. The van der Waals surface area contributed by atoms with Crippen molar-refractivity contribution < 1.29 is 14.3 Å². The second-order valence-corrected chi connectivity index (χ2v) is 6.46. The van der Waals surface area contributed by atoms with E-state index >= 15 is 0 Å². The molecule has 0 spiro atoms. The van der Waals surface area contributed by atoms with Crippen molar-refractivity contribution in [3.8, 4) is 0 Å². The predicted octanol–water partition coefficient (Wildman–Crippen LogP) is 0.502. The van der Waals surface area contributed by atoms with Crippen LogP contribution < -0.4 is 11.1 Å². The second-order valence-electron chi connectivity index (χ2n) is 6.46. The maximum Gasteiger partial charge on any atom is 0.222 e. The normalized spacial score (nSPS) is 23.9. The Balaban J connectivity index is 1.90. The summed E-state index contributed by atoms with van der Waals surface area (Å²) < 4.78 is 10.7. The number of morpholine rings is 1.